The second-order valence-corrected chi connectivity index (χ2v) is 11.4. The summed E-state index contributed by atoms with van der Waals surface area (Å²) in [5.41, 5.74) is 0.497. The lowest BCUT2D eigenvalue weighted by Crippen LogP contribution is -2.40. The first kappa shape index (κ1) is 26.0. The molecule has 0 saturated carbocycles. The average molecular weight is 549 g/mol. The van der Waals surface area contributed by atoms with Crippen LogP contribution in [0.2, 0.25) is 0 Å². The highest BCUT2D eigenvalue weighted by atomic mass is 32.2. The van der Waals surface area contributed by atoms with Gasteiger partial charge in [0.2, 0.25) is 10.0 Å². The Morgan fingerprint density at radius 3 is 2.53 bits per heavy atom. The monoisotopic (exact) mass is 548 g/mol. The van der Waals surface area contributed by atoms with Gasteiger partial charge in [-0.05, 0) is 47.2 Å². The summed E-state index contributed by atoms with van der Waals surface area (Å²) < 4.78 is 43.1. The molecule has 190 valence electrons. The van der Waals surface area contributed by atoms with Crippen molar-refractivity contribution in [3.8, 4) is 5.75 Å². The van der Waals surface area contributed by atoms with E-state index in [4.69, 9.17) is 14.2 Å². The van der Waals surface area contributed by atoms with E-state index in [1.807, 2.05) is 29.0 Å². The minimum atomic E-state index is -3.78. The number of ether oxygens (including phenoxy) is 3. The fraction of sp³-hybridized carbons (Fsp3) is 0.250. The lowest BCUT2D eigenvalue weighted by atomic mass is 10.2. The van der Waals surface area contributed by atoms with Gasteiger partial charge in [-0.3, -0.25) is 4.79 Å². The first-order valence-electron chi connectivity index (χ1n) is 10.9. The summed E-state index contributed by atoms with van der Waals surface area (Å²) in [7, 11) is -2.37. The number of anilines is 1. The predicted molar refractivity (Wildman–Crippen MR) is 139 cm³/mol. The number of morpholine rings is 1. The van der Waals surface area contributed by atoms with Crippen LogP contribution in [-0.2, 0) is 29.1 Å². The average Bonchev–Trinajstić information content (AvgIpc) is 3.61. The second-order valence-electron chi connectivity index (χ2n) is 7.55. The van der Waals surface area contributed by atoms with E-state index in [-0.39, 0.29) is 29.4 Å². The maximum atomic E-state index is 13.0. The normalized spacial score (nSPS) is 14.9. The number of esters is 1. The summed E-state index contributed by atoms with van der Waals surface area (Å²) in [5, 5.41) is 6.34. The first-order valence-corrected chi connectivity index (χ1v) is 14.1. The van der Waals surface area contributed by atoms with Gasteiger partial charge in [0.1, 0.15) is 5.75 Å². The number of nitrogens with zero attached hydrogens (tertiary/aromatic N) is 1. The number of benzene rings is 1. The fourth-order valence-corrected chi connectivity index (χ4v) is 6.28. The maximum absolute atomic E-state index is 13.0. The lowest BCUT2D eigenvalue weighted by Gasteiger charge is -2.26. The van der Waals surface area contributed by atoms with Gasteiger partial charge < -0.3 is 19.5 Å². The number of hydrogen-bond donors (Lipinski definition) is 1. The van der Waals surface area contributed by atoms with Crippen LogP contribution in [0.3, 0.4) is 0 Å². The topological polar surface area (TPSA) is 111 Å². The van der Waals surface area contributed by atoms with Crippen molar-refractivity contribution in [1.82, 2.24) is 4.31 Å². The standard InChI is InChI=1S/C24H24N2O7S3/c1-31-21-7-6-18(36(29,30)26-8-10-32-11-9-26)15-20(21)25-23(27)16-33-24(28)19(22-5-3-13-35-22)14-17-4-2-12-34-17/h2-7,12-15H,8-11,16H2,1H3,(H,25,27)/b19-14+. The summed E-state index contributed by atoms with van der Waals surface area (Å²) in [6, 6.07) is 11.6. The van der Waals surface area contributed by atoms with Crippen molar-refractivity contribution in [3.05, 3.63) is 63.0 Å². The SMILES string of the molecule is COc1ccc(S(=O)(=O)N2CCOCC2)cc1NC(=O)COC(=O)/C(=C/c1cccs1)c1cccs1. The van der Waals surface area contributed by atoms with Gasteiger partial charge in [-0.2, -0.15) is 4.31 Å². The van der Waals surface area contributed by atoms with Gasteiger partial charge in [-0.1, -0.05) is 12.1 Å². The van der Waals surface area contributed by atoms with Crippen LogP contribution < -0.4 is 10.1 Å². The molecule has 0 radical (unpaired) electrons. The molecule has 12 heteroatoms. The van der Waals surface area contributed by atoms with E-state index >= 15 is 0 Å². The number of thiophene rings is 2. The van der Waals surface area contributed by atoms with E-state index < -0.39 is 28.5 Å². The first-order chi connectivity index (χ1) is 17.4. The van der Waals surface area contributed by atoms with Gasteiger partial charge in [-0.25, -0.2) is 13.2 Å². The number of methoxy groups -OCH3 is 1. The number of carbonyl (C=O) groups is 2. The zero-order chi connectivity index (χ0) is 25.5. The number of hydrogen-bond acceptors (Lipinski definition) is 9. The molecule has 0 bridgehead atoms. The summed E-state index contributed by atoms with van der Waals surface area (Å²) in [6.07, 6.45) is 1.72. The van der Waals surface area contributed by atoms with Crippen LogP contribution in [0.15, 0.2) is 58.1 Å². The molecule has 2 aromatic heterocycles. The summed E-state index contributed by atoms with van der Waals surface area (Å²) in [6.45, 7) is 0.572. The minimum Gasteiger partial charge on any atom is -0.495 e. The Balaban J connectivity index is 1.46. The zero-order valence-electron chi connectivity index (χ0n) is 19.3. The molecule has 4 rings (SSSR count). The molecule has 1 aromatic carbocycles. The van der Waals surface area contributed by atoms with E-state index in [1.165, 1.54) is 52.3 Å². The lowest BCUT2D eigenvalue weighted by molar-refractivity contribution is -0.141. The Labute approximate surface area is 217 Å². The number of carbonyl (C=O) groups excluding carboxylic acids is 2. The Morgan fingerprint density at radius 1 is 1.11 bits per heavy atom. The zero-order valence-corrected chi connectivity index (χ0v) is 21.8. The summed E-state index contributed by atoms with van der Waals surface area (Å²) in [4.78, 5) is 27.1. The molecular formula is C24H24N2O7S3. The van der Waals surface area contributed by atoms with E-state index in [0.717, 1.165) is 9.75 Å². The predicted octanol–water partition coefficient (Wildman–Crippen LogP) is 3.56. The van der Waals surface area contributed by atoms with Crippen LogP contribution in [0.5, 0.6) is 5.75 Å². The van der Waals surface area contributed by atoms with Crippen molar-refractivity contribution in [2.75, 3.05) is 45.3 Å². The Kier molecular flexibility index (Phi) is 8.54. The molecule has 0 unspecified atom stereocenters. The molecule has 1 amide bonds. The largest absolute Gasteiger partial charge is 0.495 e. The highest BCUT2D eigenvalue weighted by Crippen LogP contribution is 2.30. The van der Waals surface area contributed by atoms with Gasteiger partial charge in [0.25, 0.3) is 5.91 Å². The third-order valence-corrected chi connectivity index (χ3v) is 8.84. The molecule has 36 heavy (non-hydrogen) atoms. The number of amides is 1. The highest BCUT2D eigenvalue weighted by molar-refractivity contribution is 7.89. The Bertz CT molecular complexity index is 1330. The quantitative estimate of drug-likeness (QED) is 0.322. The maximum Gasteiger partial charge on any atom is 0.340 e. The molecular weight excluding hydrogens is 524 g/mol. The van der Waals surface area contributed by atoms with Crippen LogP contribution in [-0.4, -0.2) is 64.6 Å². The molecule has 3 aromatic rings. The summed E-state index contributed by atoms with van der Waals surface area (Å²) >= 11 is 2.87. The third kappa shape index (κ3) is 6.20. The molecule has 1 N–H and O–H groups in total. The van der Waals surface area contributed by atoms with Gasteiger partial charge in [0.05, 0.1) is 36.5 Å². The van der Waals surface area contributed by atoms with Gasteiger partial charge in [-0.15, -0.1) is 22.7 Å². The van der Waals surface area contributed by atoms with E-state index in [1.54, 1.807) is 12.1 Å². The molecule has 3 heterocycles. The van der Waals surface area contributed by atoms with Gasteiger partial charge in [0.15, 0.2) is 6.61 Å². The number of rotatable bonds is 9. The molecule has 0 spiro atoms. The minimum absolute atomic E-state index is 0.0105. The van der Waals surface area contributed by atoms with E-state index in [0.29, 0.717) is 18.8 Å². The molecule has 1 aliphatic rings. The fourth-order valence-electron chi connectivity index (χ4n) is 3.45. The smallest absolute Gasteiger partial charge is 0.340 e. The molecule has 0 aliphatic carbocycles. The highest BCUT2D eigenvalue weighted by Gasteiger charge is 2.27. The Hall–Kier alpha value is -3.03. The van der Waals surface area contributed by atoms with Crippen molar-refractivity contribution >= 4 is 61.9 Å². The Morgan fingerprint density at radius 2 is 1.86 bits per heavy atom. The van der Waals surface area contributed by atoms with Crippen molar-refractivity contribution in [2.45, 2.75) is 4.90 Å². The van der Waals surface area contributed by atoms with Crippen LogP contribution in [0, 0.1) is 0 Å². The van der Waals surface area contributed by atoms with Crippen molar-refractivity contribution in [3.63, 3.8) is 0 Å². The van der Waals surface area contributed by atoms with Gasteiger partial charge in [0, 0.05) is 22.8 Å². The molecule has 1 saturated heterocycles. The third-order valence-electron chi connectivity index (χ3n) is 5.22. The van der Waals surface area contributed by atoms with E-state index in [2.05, 4.69) is 5.32 Å². The number of nitrogens with one attached hydrogen (secondary N) is 1. The van der Waals surface area contributed by atoms with Crippen molar-refractivity contribution in [2.24, 2.45) is 0 Å². The van der Waals surface area contributed by atoms with Crippen LogP contribution in [0.4, 0.5) is 5.69 Å². The second kappa shape index (κ2) is 11.8. The van der Waals surface area contributed by atoms with Crippen molar-refractivity contribution < 1.29 is 32.2 Å². The molecule has 1 aliphatic heterocycles. The van der Waals surface area contributed by atoms with Crippen LogP contribution >= 0.6 is 22.7 Å². The van der Waals surface area contributed by atoms with E-state index in [9.17, 15) is 18.0 Å². The molecule has 0 atom stereocenters. The number of sulfonamides is 1. The molecule has 1 fully saturated rings. The van der Waals surface area contributed by atoms with Gasteiger partial charge >= 0.3 is 5.97 Å². The van der Waals surface area contributed by atoms with Crippen LogP contribution in [0.25, 0.3) is 11.6 Å². The summed E-state index contributed by atoms with van der Waals surface area (Å²) in [5.74, 6) is -1.01. The van der Waals surface area contributed by atoms with Crippen LogP contribution in [0.1, 0.15) is 9.75 Å². The molecule has 9 nitrogen and oxygen atoms in total. The van der Waals surface area contributed by atoms with Crippen molar-refractivity contribution in [1.29, 1.82) is 0 Å².